The van der Waals surface area contributed by atoms with E-state index in [0.29, 0.717) is 36.8 Å². The fraction of sp³-hybridized carbons (Fsp3) is 0.552. The number of aliphatic hydroxyl groups is 1. The van der Waals surface area contributed by atoms with Crippen LogP contribution in [0.25, 0.3) is 0 Å². The molecule has 3 aliphatic carbocycles. The number of esters is 1. The monoisotopic (exact) mass is 1040 g/mol. The van der Waals surface area contributed by atoms with E-state index in [1.54, 1.807) is 45.6 Å². The maximum absolute atomic E-state index is 18.4. The first kappa shape index (κ1) is 53.6. The molecule has 1 amide bonds. The summed E-state index contributed by atoms with van der Waals surface area (Å²) in [6, 6.07) is 35.6. The summed E-state index contributed by atoms with van der Waals surface area (Å²) >= 11 is 0. The van der Waals surface area contributed by atoms with Crippen molar-refractivity contribution >= 4 is 11.9 Å². The molecule has 6 aliphatic rings. The lowest BCUT2D eigenvalue weighted by Gasteiger charge is -2.56. The van der Waals surface area contributed by atoms with Gasteiger partial charge in [-0.1, -0.05) is 121 Å². The molecule has 3 saturated heterocycles. The van der Waals surface area contributed by atoms with Gasteiger partial charge in [0.25, 0.3) is 11.7 Å². The number of rotatable bonds is 20. The Morgan fingerprint density at radius 1 is 0.653 bits per heavy atom. The van der Waals surface area contributed by atoms with Crippen LogP contribution in [0, 0.1) is 35.5 Å². The summed E-state index contributed by atoms with van der Waals surface area (Å²) in [7, 11) is 4.87. The van der Waals surface area contributed by atoms with Crippen molar-refractivity contribution in [1.82, 2.24) is 5.32 Å². The Kier molecular flexibility index (Phi) is 17.1. The Balaban J connectivity index is 1.01. The zero-order valence-corrected chi connectivity index (χ0v) is 42.6. The van der Waals surface area contributed by atoms with E-state index < -0.39 is 71.8 Å². The van der Waals surface area contributed by atoms with Gasteiger partial charge in [0.2, 0.25) is 0 Å². The van der Waals surface area contributed by atoms with Gasteiger partial charge in [0.15, 0.2) is 0 Å². The van der Waals surface area contributed by atoms with E-state index in [0.717, 1.165) is 11.1 Å². The number of carbonyl (C=O) groups excluding carboxylic acids is 2. The van der Waals surface area contributed by atoms with Crippen LogP contribution in [0.4, 0.5) is 8.78 Å². The third-order valence-electron chi connectivity index (χ3n) is 16.7. The molecule has 3 heterocycles. The SMILES string of the molecule is COC1CC([C@@H]2C3CC4OCOC4CC3[C@@H](NC(=O)C(F)(F)[C@]3(O)O[C@H](COCc4ccccc4)[C@@H](OCc4ccccc4)[C@H](OCc4ccccc4)[C@H]3OCc3ccccc3)[C@H]3COC(=O)[C@H]23)CC(OC)C1OC. The number of amides is 1. The van der Waals surface area contributed by atoms with Crippen molar-refractivity contribution in [1.29, 1.82) is 0 Å². The molecule has 15 atom stereocenters. The van der Waals surface area contributed by atoms with Crippen LogP contribution >= 0.6 is 0 Å². The molecule has 15 nitrogen and oxygen atoms in total. The van der Waals surface area contributed by atoms with Crippen LogP contribution < -0.4 is 5.32 Å². The summed E-state index contributed by atoms with van der Waals surface area (Å²) in [5.41, 5.74) is 2.89. The van der Waals surface area contributed by atoms with Crippen LogP contribution in [0.1, 0.15) is 47.9 Å². The fourth-order valence-corrected chi connectivity index (χ4v) is 13.2. The van der Waals surface area contributed by atoms with Crippen LogP contribution in [-0.4, -0.2) is 131 Å². The van der Waals surface area contributed by atoms with Gasteiger partial charge in [-0.2, -0.15) is 8.78 Å². The number of halogens is 2. The Bertz CT molecular complexity index is 2450. The number of carbonyl (C=O) groups is 2. The molecule has 10 rings (SSSR count). The zero-order valence-electron chi connectivity index (χ0n) is 42.6. The van der Waals surface area contributed by atoms with Crippen LogP contribution in [0.15, 0.2) is 121 Å². The number of fused-ring (bicyclic) bond motifs is 3. The smallest absolute Gasteiger partial charge is 0.379 e. The van der Waals surface area contributed by atoms with E-state index in [4.69, 9.17) is 52.1 Å². The molecule has 4 aromatic rings. The van der Waals surface area contributed by atoms with Crippen molar-refractivity contribution in [2.45, 2.75) is 125 Å². The molecular formula is C58H69F2NO14. The summed E-state index contributed by atoms with van der Waals surface area (Å²) < 4.78 is 105. The molecule has 75 heavy (non-hydrogen) atoms. The fourth-order valence-electron chi connectivity index (χ4n) is 13.2. The first-order valence-corrected chi connectivity index (χ1v) is 26.2. The van der Waals surface area contributed by atoms with Crippen LogP contribution in [0.5, 0.6) is 0 Å². The van der Waals surface area contributed by atoms with Gasteiger partial charge in [0.05, 0.1) is 70.0 Å². The van der Waals surface area contributed by atoms with Crippen molar-refractivity contribution < 1.29 is 75.6 Å². The molecule has 0 radical (unpaired) electrons. The van der Waals surface area contributed by atoms with Gasteiger partial charge in [-0.25, -0.2) is 0 Å². The Hall–Kier alpha value is -4.76. The van der Waals surface area contributed by atoms with E-state index in [1.165, 1.54) is 0 Å². The Labute approximate surface area is 436 Å². The molecule has 404 valence electrons. The normalized spacial score (nSPS) is 35.5. The van der Waals surface area contributed by atoms with Gasteiger partial charge in [0, 0.05) is 33.3 Å². The number of nitrogens with one attached hydrogen (secondary N) is 1. The molecule has 6 unspecified atom stereocenters. The number of alkyl halides is 2. The van der Waals surface area contributed by atoms with Crippen LogP contribution in [-0.2, 0) is 88.1 Å². The topological polar surface area (TPSA) is 168 Å². The third kappa shape index (κ3) is 11.2. The van der Waals surface area contributed by atoms with Gasteiger partial charge in [-0.3, -0.25) is 9.59 Å². The number of hydrogen-bond donors (Lipinski definition) is 2. The molecule has 3 saturated carbocycles. The van der Waals surface area contributed by atoms with Crippen molar-refractivity contribution in [3.8, 4) is 0 Å². The molecule has 0 bridgehead atoms. The number of cyclic esters (lactones) is 1. The summed E-state index contributed by atoms with van der Waals surface area (Å²) in [6.07, 6.45) is -6.00. The summed E-state index contributed by atoms with van der Waals surface area (Å²) in [5.74, 6) is -13.4. The minimum Gasteiger partial charge on any atom is -0.465 e. The van der Waals surface area contributed by atoms with E-state index in [1.807, 2.05) is 97.1 Å². The summed E-state index contributed by atoms with van der Waals surface area (Å²) in [5, 5.41) is 15.9. The first-order valence-electron chi connectivity index (χ1n) is 26.2. The second-order valence-corrected chi connectivity index (χ2v) is 20.9. The highest BCUT2D eigenvalue weighted by Gasteiger charge is 2.72. The average molecular weight is 1040 g/mol. The third-order valence-corrected chi connectivity index (χ3v) is 16.7. The minimum absolute atomic E-state index is 0.00716. The quantitative estimate of drug-likeness (QED) is 0.0887. The Morgan fingerprint density at radius 2 is 1.16 bits per heavy atom. The average Bonchev–Trinajstić information content (AvgIpc) is 4.08. The lowest BCUT2D eigenvalue weighted by atomic mass is 9.51. The van der Waals surface area contributed by atoms with E-state index in [2.05, 4.69) is 5.32 Å². The molecule has 3 aliphatic heterocycles. The predicted molar refractivity (Wildman–Crippen MR) is 265 cm³/mol. The second-order valence-electron chi connectivity index (χ2n) is 20.9. The van der Waals surface area contributed by atoms with Crippen molar-refractivity contribution in [2.24, 2.45) is 35.5 Å². The van der Waals surface area contributed by atoms with Gasteiger partial charge in [-0.15, -0.1) is 0 Å². The number of benzene rings is 4. The van der Waals surface area contributed by atoms with Crippen LogP contribution in [0.3, 0.4) is 0 Å². The molecule has 0 aromatic heterocycles. The van der Waals surface area contributed by atoms with Crippen molar-refractivity contribution in [3.05, 3.63) is 144 Å². The minimum atomic E-state index is -4.75. The summed E-state index contributed by atoms with van der Waals surface area (Å²) in [4.78, 5) is 29.3. The first-order chi connectivity index (χ1) is 36.5. The van der Waals surface area contributed by atoms with Gasteiger partial charge < -0.3 is 62.5 Å². The van der Waals surface area contributed by atoms with E-state index in [9.17, 15) is 9.90 Å². The Morgan fingerprint density at radius 3 is 1.69 bits per heavy atom. The number of ether oxygens (including phenoxy) is 11. The molecule has 17 heteroatoms. The maximum Gasteiger partial charge on any atom is 0.379 e. The van der Waals surface area contributed by atoms with E-state index >= 15 is 13.6 Å². The van der Waals surface area contributed by atoms with Gasteiger partial charge >= 0.3 is 11.9 Å². The molecular weight excluding hydrogens is 973 g/mol. The largest absolute Gasteiger partial charge is 0.465 e. The molecule has 2 N–H and O–H groups in total. The number of methoxy groups -OCH3 is 3. The van der Waals surface area contributed by atoms with Crippen molar-refractivity contribution in [2.75, 3.05) is 41.3 Å². The molecule has 0 spiro atoms. The highest BCUT2D eigenvalue weighted by atomic mass is 19.3. The molecule has 4 aromatic carbocycles. The van der Waals surface area contributed by atoms with Crippen LogP contribution in [0.2, 0.25) is 0 Å². The molecule has 6 fully saturated rings. The van der Waals surface area contributed by atoms with Gasteiger partial charge in [-0.05, 0) is 71.6 Å². The van der Waals surface area contributed by atoms with Gasteiger partial charge in [0.1, 0.15) is 37.3 Å². The highest BCUT2D eigenvalue weighted by Crippen LogP contribution is 2.58. The highest BCUT2D eigenvalue weighted by molar-refractivity contribution is 5.85. The lowest BCUT2D eigenvalue weighted by molar-refractivity contribution is -0.415. The number of hydrogen-bond acceptors (Lipinski definition) is 14. The predicted octanol–water partition coefficient (Wildman–Crippen LogP) is 6.81. The van der Waals surface area contributed by atoms with Crippen molar-refractivity contribution in [3.63, 3.8) is 0 Å². The van der Waals surface area contributed by atoms with E-state index in [-0.39, 0.29) is 94.7 Å². The maximum atomic E-state index is 18.4. The lowest BCUT2D eigenvalue weighted by Crippen LogP contribution is -2.76. The summed E-state index contributed by atoms with van der Waals surface area (Å²) in [6.45, 7) is -0.701. The second kappa shape index (κ2) is 23.9. The standard InChI is InChI=1S/C58H69F2NO14/c1-65-45-24-39(25-46(66-2)51(45)67-3)48-40-26-43-44(74-34-73-43)27-41(40)50(42-32-72-55(62)49(42)48)61-56(63)57(59,60)58(64)54(71-31-38-22-14-7-15-23-38)53(70-30-37-20-12-6-13-21-37)52(69-29-36-18-10-5-11-19-36)47(75-58)33-68-28-35-16-8-4-9-17-35/h4-23,39-54,64H,24-34H2,1-3H3,(H,61,63)/t39?,40?,41?,42-,43?,44?,45?,46?,47+,48+,49-,50+,51?,52+,53-,54+,58+/m0/s1. The zero-order chi connectivity index (χ0) is 52.1.